The largest absolute Gasteiger partial charge is 0.366 e. The second-order valence-electron chi connectivity index (χ2n) is 8.65. The number of nitrogens with zero attached hydrogens (tertiary/aromatic N) is 3. The molecule has 136 valence electrons. The van der Waals surface area contributed by atoms with Crippen molar-refractivity contribution < 1.29 is 0 Å². The van der Waals surface area contributed by atoms with Gasteiger partial charge in [-0.05, 0) is 69.1 Å². The van der Waals surface area contributed by atoms with Gasteiger partial charge < -0.3 is 5.32 Å². The van der Waals surface area contributed by atoms with Crippen LogP contribution < -0.4 is 5.32 Å². The summed E-state index contributed by atoms with van der Waals surface area (Å²) in [4.78, 5) is 2.80. The van der Waals surface area contributed by atoms with Gasteiger partial charge in [0.05, 0.1) is 5.69 Å². The molecule has 3 heterocycles. The Hall–Kier alpha value is -1.29. The first-order chi connectivity index (χ1) is 12.3. The topological polar surface area (TPSA) is 33.1 Å². The molecule has 4 heteroatoms. The van der Waals surface area contributed by atoms with Crippen molar-refractivity contribution in [2.75, 3.05) is 25.0 Å². The van der Waals surface area contributed by atoms with E-state index in [0.29, 0.717) is 5.92 Å². The number of fused-ring (bicyclic) bond motifs is 2. The first-order valence-electron chi connectivity index (χ1n) is 10.6. The summed E-state index contributed by atoms with van der Waals surface area (Å²) in [6, 6.07) is 0.852. The molecule has 25 heavy (non-hydrogen) atoms. The van der Waals surface area contributed by atoms with Gasteiger partial charge in [0.25, 0.3) is 0 Å². The molecule has 4 aliphatic rings. The van der Waals surface area contributed by atoms with E-state index in [-0.39, 0.29) is 0 Å². The lowest BCUT2D eigenvalue weighted by Gasteiger charge is -2.37. The van der Waals surface area contributed by atoms with Crippen LogP contribution in [0.2, 0.25) is 0 Å². The lowest BCUT2D eigenvalue weighted by molar-refractivity contribution is 0.148. The van der Waals surface area contributed by atoms with Crippen molar-refractivity contribution in [1.82, 2.24) is 14.7 Å². The van der Waals surface area contributed by atoms with Crippen molar-refractivity contribution in [3.63, 3.8) is 0 Å². The van der Waals surface area contributed by atoms with Crippen LogP contribution in [-0.2, 0) is 7.05 Å². The van der Waals surface area contributed by atoms with Crippen LogP contribution in [0.25, 0.3) is 5.57 Å². The van der Waals surface area contributed by atoms with E-state index in [4.69, 9.17) is 5.10 Å². The summed E-state index contributed by atoms with van der Waals surface area (Å²) >= 11 is 0. The van der Waals surface area contributed by atoms with Crippen molar-refractivity contribution in [2.24, 2.45) is 7.05 Å². The molecule has 0 bridgehead atoms. The van der Waals surface area contributed by atoms with Crippen molar-refractivity contribution in [1.29, 1.82) is 0 Å². The molecule has 0 amide bonds. The van der Waals surface area contributed by atoms with Crippen LogP contribution in [0.1, 0.15) is 81.4 Å². The molecule has 2 fully saturated rings. The third-order valence-corrected chi connectivity index (χ3v) is 7.11. The van der Waals surface area contributed by atoms with Gasteiger partial charge in [0.1, 0.15) is 5.82 Å². The summed E-state index contributed by atoms with van der Waals surface area (Å²) in [5, 5.41) is 8.75. The zero-order valence-electron chi connectivity index (χ0n) is 15.7. The highest BCUT2D eigenvalue weighted by Crippen LogP contribution is 2.44. The molecule has 1 saturated carbocycles. The van der Waals surface area contributed by atoms with Crippen LogP contribution >= 0.6 is 0 Å². The number of allylic oxidation sites excluding steroid dienone is 1. The average Bonchev–Trinajstić information content (AvgIpc) is 3.30. The minimum Gasteiger partial charge on any atom is -0.366 e. The van der Waals surface area contributed by atoms with Crippen LogP contribution in [0.4, 0.5) is 5.82 Å². The van der Waals surface area contributed by atoms with Gasteiger partial charge in [0, 0.05) is 37.7 Å². The zero-order chi connectivity index (χ0) is 16.8. The fourth-order valence-corrected chi connectivity index (χ4v) is 5.82. The van der Waals surface area contributed by atoms with E-state index >= 15 is 0 Å². The molecule has 0 spiro atoms. The Morgan fingerprint density at radius 1 is 1.00 bits per heavy atom. The maximum absolute atomic E-state index is 5.06. The number of anilines is 1. The van der Waals surface area contributed by atoms with Crippen LogP contribution in [0.15, 0.2) is 5.57 Å². The molecule has 4 nitrogen and oxygen atoms in total. The molecule has 0 aromatic carbocycles. The first-order valence-corrected chi connectivity index (χ1v) is 10.6. The zero-order valence-corrected chi connectivity index (χ0v) is 15.7. The quantitative estimate of drug-likeness (QED) is 0.871. The van der Waals surface area contributed by atoms with Gasteiger partial charge in [-0.2, -0.15) is 5.10 Å². The van der Waals surface area contributed by atoms with Crippen LogP contribution in [0, 0.1) is 0 Å². The smallest absolute Gasteiger partial charge is 0.132 e. The number of piperidine rings is 1. The summed E-state index contributed by atoms with van der Waals surface area (Å²) in [6.45, 7) is 3.58. The highest BCUT2D eigenvalue weighted by molar-refractivity contribution is 5.82. The molecule has 1 aromatic heterocycles. The summed E-state index contributed by atoms with van der Waals surface area (Å²) in [7, 11) is 2.13. The van der Waals surface area contributed by atoms with E-state index in [1.165, 1.54) is 94.4 Å². The second kappa shape index (κ2) is 6.46. The molecular formula is C21H32N4. The van der Waals surface area contributed by atoms with Crippen LogP contribution in [-0.4, -0.2) is 40.4 Å². The molecular weight excluding hydrogens is 308 g/mol. The van der Waals surface area contributed by atoms with Crippen molar-refractivity contribution in [3.05, 3.63) is 16.8 Å². The minimum atomic E-state index is 0.625. The first kappa shape index (κ1) is 15.9. The summed E-state index contributed by atoms with van der Waals surface area (Å²) in [5.41, 5.74) is 6.22. The molecule has 1 atom stereocenters. The minimum absolute atomic E-state index is 0.625. The molecule has 1 saturated heterocycles. The molecule has 2 aliphatic heterocycles. The normalized spacial score (nSPS) is 28.0. The number of aromatic nitrogens is 2. The number of aryl methyl sites for hydroxylation is 1. The van der Waals surface area contributed by atoms with Crippen molar-refractivity contribution >= 4 is 11.4 Å². The Balaban J connectivity index is 1.47. The highest BCUT2D eigenvalue weighted by atomic mass is 15.3. The van der Waals surface area contributed by atoms with Crippen molar-refractivity contribution in [3.8, 4) is 0 Å². The Labute approximate surface area is 151 Å². The Bertz CT molecular complexity index is 680. The Morgan fingerprint density at radius 3 is 2.72 bits per heavy atom. The van der Waals surface area contributed by atoms with E-state index in [2.05, 4.69) is 21.9 Å². The van der Waals surface area contributed by atoms with E-state index < -0.39 is 0 Å². The number of hydrogen-bond donors (Lipinski definition) is 1. The van der Waals surface area contributed by atoms with Gasteiger partial charge in [-0.15, -0.1) is 0 Å². The van der Waals surface area contributed by atoms with E-state index in [0.717, 1.165) is 12.6 Å². The maximum Gasteiger partial charge on any atom is 0.132 e. The second-order valence-corrected chi connectivity index (χ2v) is 8.65. The molecule has 2 aliphatic carbocycles. The van der Waals surface area contributed by atoms with E-state index in [1.807, 2.05) is 0 Å². The third-order valence-electron chi connectivity index (χ3n) is 7.11. The fraction of sp³-hybridized carbons (Fsp3) is 0.762. The van der Waals surface area contributed by atoms with Gasteiger partial charge in [-0.25, -0.2) is 0 Å². The fourth-order valence-electron chi connectivity index (χ4n) is 5.82. The molecule has 5 rings (SSSR count). The molecule has 1 N–H and O–H groups in total. The van der Waals surface area contributed by atoms with E-state index in [9.17, 15) is 0 Å². The summed E-state index contributed by atoms with van der Waals surface area (Å²) < 4.78 is 2.12. The standard InChI is InChI=1S/C21H32N4/c1-24-21-19(18-11-5-2-7-15(18)13-22-21)20(23-24)16-8-6-12-25(14-16)17-9-3-4-10-17/h16-17,22H,2-14H2,1H3. The van der Waals surface area contributed by atoms with Gasteiger partial charge >= 0.3 is 0 Å². The number of rotatable bonds is 2. The average molecular weight is 341 g/mol. The summed E-state index contributed by atoms with van der Waals surface area (Å²) in [5.74, 6) is 1.91. The van der Waals surface area contributed by atoms with Crippen LogP contribution in [0.3, 0.4) is 0 Å². The predicted molar refractivity (Wildman–Crippen MR) is 103 cm³/mol. The Kier molecular flexibility index (Phi) is 4.11. The van der Waals surface area contributed by atoms with Gasteiger partial charge in [0.2, 0.25) is 0 Å². The predicted octanol–water partition coefficient (Wildman–Crippen LogP) is 4.30. The van der Waals surface area contributed by atoms with Gasteiger partial charge in [0.15, 0.2) is 0 Å². The molecule has 1 aromatic rings. The lowest BCUT2D eigenvalue weighted by Crippen LogP contribution is -2.41. The lowest BCUT2D eigenvalue weighted by atomic mass is 9.82. The van der Waals surface area contributed by atoms with Gasteiger partial charge in [-0.1, -0.05) is 12.8 Å². The maximum atomic E-state index is 5.06. The monoisotopic (exact) mass is 340 g/mol. The summed E-state index contributed by atoms with van der Waals surface area (Å²) in [6.07, 6.45) is 13.6. The van der Waals surface area contributed by atoms with E-state index in [1.54, 1.807) is 11.1 Å². The Morgan fingerprint density at radius 2 is 1.84 bits per heavy atom. The highest BCUT2D eigenvalue weighted by Gasteiger charge is 2.34. The third kappa shape index (κ3) is 2.73. The van der Waals surface area contributed by atoms with Gasteiger partial charge in [-0.3, -0.25) is 9.58 Å². The van der Waals surface area contributed by atoms with Crippen molar-refractivity contribution in [2.45, 2.75) is 76.2 Å². The molecule has 1 unspecified atom stereocenters. The van der Waals surface area contributed by atoms with Crippen LogP contribution in [0.5, 0.6) is 0 Å². The number of nitrogens with one attached hydrogen (secondary N) is 1. The SMILES string of the molecule is Cn1nc(C2CCCN(C3CCCC3)C2)c2c1NCC1=C2CCCC1. The number of hydrogen-bond acceptors (Lipinski definition) is 3. The number of likely N-dealkylation sites (tertiary alicyclic amines) is 1. The molecule has 0 radical (unpaired) electrons.